The number of ether oxygens (including phenoxy) is 1. The van der Waals surface area contributed by atoms with Crippen molar-refractivity contribution in [2.75, 3.05) is 20.1 Å². The molecule has 32 heavy (non-hydrogen) atoms. The van der Waals surface area contributed by atoms with Gasteiger partial charge in [-0.15, -0.1) is 0 Å². The minimum Gasteiger partial charge on any atom is -0.444 e. The summed E-state index contributed by atoms with van der Waals surface area (Å²) >= 11 is 0. The highest BCUT2D eigenvalue weighted by molar-refractivity contribution is 5.68. The first-order valence-electron chi connectivity index (χ1n) is 11.8. The van der Waals surface area contributed by atoms with E-state index in [2.05, 4.69) is 84.8 Å². The summed E-state index contributed by atoms with van der Waals surface area (Å²) in [4.78, 5) is 16.7. The maximum Gasteiger partial charge on any atom is 0.410 e. The van der Waals surface area contributed by atoms with Gasteiger partial charge < -0.3 is 9.64 Å². The average Bonchev–Trinajstić information content (AvgIpc) is 2.77. The van der Waals surface area contributed by atoms with Crippen molar-refractivity contribution < 1.29 is 9.53 Å². The number of nitrogens with zero attached hydrogens (tertiary/aromatic N) is 2. The molecule has 0 unspecified atom stereocenters. The molecule has 2 aromatic rings. The standard InChI is InChI=1S/C28H38N2O2/c1-28(2,3)32-27(31)30-19-17-24(18-20-30)21-26(16-15-23-11-7-5-8-12-23)29(4)22-25-13-9-6-10-14-25/h5-16,24,26H,17-22H2,1-4H3/b16-15+/t26-/m1/s1. The number of benzene rings is 2. The number of amides is 1. The lowest BCUT2D eigenvalue weighted by Crippen LogP contribution is -2.42. The number of hydrogen-bond donors (Lipinski definition) is 0. The highest BCUT2D eigenvalue weighted by Crippen LogP contribution is 2.26. The molecule has 0 N–H and O–H groups in total. The van der Waals surface area contributed by atoms with E-state index in [1.54, 1.807) is 0 Å². The maximum atomic E-state index is 12.4. The summed E-state index contributed by atoms with van der Waals surface area (Å²) in [5.74, 6) is 0.595. The lowest BCUT2D eigenvalue weighted by molar-refractivity contribution is 0.0174. The van der Waals surface area contributed by atoms with E-state index in [1.807, 2.05) is 25.7 Å². The Bertz CT molecular complexity index is 850. The van der Waals surface area contributed by atoms with Gasteiger partial charge in [0.05, 0.1) is 0 Å². The SMILES string of the molecule is CN(Cc1ccccc1)[C@H](/C=C/c1ccccc1)CC1CCN(C(=O)OC(C)(C)C)CC1. The minimum absolute atomic E-state index is 0.183. The largest absolute Gasteiger partial charge is 0.444 e. The van der Waals surface area contributed by atoms with Gasteiger partial charge >= 0.3 is 6.09 Å². The van der Waals surface area contributed by atoms with E-state index in [9.17, 15) is 4.79 Å². The first kappa shape index (κ1) is 24.1. The second-order valence-corrected chi connectivity index (χ2v) is 9.88. The molecule has 1 amide bonds. The van der Waals surface area contributed by atoms with Gasteiger partial charge in [0.25, 0.3) is 0 Å². The van der Waals surface area contributed by atoms with Gasteiger partial charge in [0.2, 0.25) is 0 Å². The predicted octanol–water partition coefficient (Wildman–Crippen LogP) is 6.24. The summed E-state index contributed by atoms with van der Waals surface area (Å²) in [6.45, 7) is 8.23. The fourth-order valence-corrected chi connectivity index (χ4v) is 4.20. The van der Waals surface area contributed by atoms with Crippen LogP contribution in [0.3, 0.4) is 0 Å². The van der Waals surface area contributed by atoms with Crippen LogP contribution in [-0.4, -0.2) is 47.7 Å². The van der Waals surface area contributed by atoms with E-state index in [1.165, 1.54) is 11.1 Å². The highest BCUT2D eigenvalue weighted by atomic mass is 16.6. The van der Waals surface area contributed by atoms with Gasteiger partial charge in [0.1, 0.15) is 5.60 Å². The zero-order chi connectivity index (χ0) is 23.0. The Morgan fingerprint density at radius 1 is 1.06 bits per heavy atom. The number of likely N-dealkylation sites (N-methyl/N-ethyl adjacent to an activating group) is 1. The maximum absolute atomic E-state index is 12.4. The third-order valence-corrected chi connectivity index (χ3v) is 5.99. The molecular formula is C28H38N2O2. The molecule has 0 aliphatic carbocycles. The molecule has 3 rings (SSSR count). The van der Waals surface area contributed by atoms with E-state index in [0.29, 0.717) is 12.0 Å². The van der Waals surface area contributed by atoms with Crippen molar-refractivity contribution in [3.05, 3.63) is 77.9 Å². The van der Waals surface area contributed by atoms with E-state index in [0.717, 1.165) is 38.9 Å². The summed E-state index contributed by atoms with van der Waals surface area (Å²) in [6.07, 6.45) is 7.54. The van der Waals surface area contributed by atoms with Crippen molar-refractivity contribution in [2.45, 2.75) is 58.2 Å². The Hall–Kier alpha value is -2.59. The van der Waals surface area contributed by atoms with Crippen LogP contribution < -0.4 is 0 Å². The van der Waals surface area contributed by atoms with Gasteiger partial charge in [0, 0.05) is 25.7 Å². The van der Waals surface area contributed by atoms with Crippen LogP contribution in [-0.2, 0) is 11.3 Å². The van der Waals surface area contributed by atoms with Crippen molar-refractivity contribution >= 4 is 12.2 Å². The van der Waals surface area contributed by atoms with Crippen LogP contribution >= 0.6 is 0 Å². The van der Waals surface area contributed by atoms with E-state index >= 15 is 0 Å². The van der Waals surface area contributed by atoms with Crippen LogP contribution in [0.25, 0.3) is 6.08 Å². The third kappa shape index (κ3) is 7.83. The lowest BCUT2D eigenvalue weighted by Gasteiger charge is -2.36. The topological polar surface area (TPSA) is 32.8 Å². The third-order valence-electron chi connectivity index (χ3n) is 5.99. The van der Waals surface area contributed by atoms with Crippen molar-refractivity contribution in [3.8, 4) is 0 Å². The molecule has 1 fully saturated rings. The van der Waals surface area contributed by atoms with Crippen LogP contribution in [0.2, 0.25) is 0 Å². The molecule has 1 atom stereocenters. The van der Waals surface area contributed by atoms with Crippen molar-refractivity contribution in [1.82, 2.24) is 9.80 Å². The zero-order valence-electron chi connectivity index (χ0n) is 20.0. The van der Waals surface area contributed by atoms with Crippen molar-refractivity contribution in [1.29, 1.82) is 0 Å². The number of hydrogen-bond acceptors (Lipinski definition) is 3. The molecule has 172 valence electrons. The van der Waals surface area contributed by atoms with Gasteiger partial charge in [-0.3, -0.25) is 4.90 Å². The van der Waals surface area contributed by atoms with Crippen molar-refractivity contribution in [3.63, 3.8) is 0 Å². The second kappa shape index (κ2) is 11.3. The number of carbonyl (C=O) groups is 1. The first-order chi connectivity index (χ1) is 15.3. The number of likely N-dealkylation sites (tertiary alicyclic amines) is 1. The van der Waals surface area contributed by atoms with Crippen LogP contribution in [0.4, 0.5) is 4.79 Å². The molecular weight excluding hydrogens is 396 g/mol. The Labute approximate surface area is 193 Å². The fraction of sp³-hybridized carbons (Fsp3) is 0.464. The summed E-state index contributed by atoms with van der Waals surface area (Å²) in [5.41, 5.74) is 2.11. The van der Waals surface area contributed by atoms with Crippen LogP contribution in [0.5, 0.6) is 0 Å². The van der Waals surface area contributed by atoms with Crippen LogP contribution in [0.15, 0.2) is 66.7 Å². The molecule has 1 aliphatic rings. The van der Waals surface area contributed by atoms with Gasteiger partial charge in [-0.25, -0.2) is 4.79 Å². The molecule has 0 bridgehead atoms. The Morgan fingerprint density at radius 2 is 1.66 bits per heavy atom. The predicted molar refractivity (Wildman–Crippen MR) is 132 cm³/mol. The Morgan fingerprint density at radius 3 is 2.25 bits per heavy atom. The minimum atomic E-state index is -0.443. The molecule has 4 heteroatoms. The number of piperidine rings is 1. The molecule has 1 aliphatic heterocycles. The summed E-state index contributed by atoms with van der Waals surface area (Å²) < 4.78 is 5.55. The van der Waals surface area contributed by atoms with Crippen LogP contribution in [0, 0.1) is 5.92 Å². The second-order valence-electron chi connectivity index (χ2n) is 9.88. The van der Waals surface area contributed by atoms with Gasteiger partial charge in [-0.1, -0.05) is 72.8 Å². The monoisotopic (exact) mass is 434 g/mol. The zero-order valence-corrected chi connectivity index (χ0v) is 20.0. The van der Waals surface area contributed by atoms with Gasteiger partial charge in [0.15, 0.2) is 0 Å². The molecule has 0 spiro atoms. The van der Waals surface area contributed by atoms with E-state index in [4.69, 9.17) is 4.74 Å². The van der Waals surface area contributed by atoms with E-state index in [-0.39, 0.29) is 6.09 Å². The fourth-order valence-electron chi connectivity index (χ4n) is 4.20. The summed E-state index contributed by atoms with van der Waals surface area (Å²) in [5, 5.41) is 0. The first-order valence-corrected chi connectivity index (χ1v) is 11.8. The normalized spacial score (nSPS) is 16.5. The summed E-state index contributed by atoms with van der Waals surface area (Å²) in [6, 6.07) is 21.5. The number of carbonyl (C=O) groups excluding carboxylic acids is 1. The van der Waals surface area contributed by atoms with Gasteiger partial charge in [-0.05, 0) is 64.1 Å². The van der Waals surface area contributed by atoms with Crippen molar-refractivity contribution in [2.24, 2.45) is 5.92 Å². The Kier molecular flexibility index (Phi) is 8.52. The quantitative estimate of drug-likeness (QED) is 0.517. The molecule has 0 saturated carbocycles. The summed E-state index contributed by atoms with van der Waals surface area (Å²) in [7, 11) is 2.21. The average molecular weight is 435 g/mol. The molecule has 2 aromatic carbocycles. The molecule has 0 radical (unpaired) electrons. The van der Waals surface area contributed by atoms with E-state index < -0.39 is 5.60 Å². The Balaban J connectivity index is 1.62. The molecule has 4 nitrogen and oxygen atoms in total. The number of rotatable bonds is 7. The van der Waals surface area contributed by atoms with Crippen LogP contribution in [0.1, 0.15) is 51.2 Å². The molecule has 1 saturated heterocycles. The lowest BCUT2D eigenvalue weighted by atomic mass is 9.89. The highest BCUT2D eigenvalue weighted by Gasteiger charge is 2.28. The smallest absolute Gasteiger partial charge is 0.410 e. The molecule has 0 aromatic heterocycles. The van der Waals surface area contributed by atoms with Gasteiger partial charge in [-0.2, -0.15) is 0 Å². The molecule has 1 heterocycles.